The smallest absolute Gasteiger partial charge is 0.204 e. The van der Waals surface area contributed by atoms with Crippen LogP contribution in [0.15, 0.2) is 12.1 Å². The maximum absolute atomic E-state index is 12.5. The van der Waals surface area contributed by atoms with Gasteiger partial charge in [-0.1, -0.05) is 0 Å². The third kappa shape index (κ3) is 4.36. The quantitative estimate of drug-likeness (QED) is 0.733. The fourth-order valence-electron chi connectivity index (χ4n) is 2.85. The van der Waals surface area contributed by atoms with Crippen molar-refractivity contribution in [1.82, 2.24) is 10.2 Å². The number of nitrogens with zero attached hydrogens (tertiary/aromatic N) is 1. The lowest BCUT2D eigenvalue weighted by Crippen LogP contribution is -2.43. The fraction of sp³-hybridized carbons (Fsp3) is 0.588. The lowest BCUT2D eigenvalue weighted by atomic mass is 10.0. The molecule has 23 heavy (non-hydrogen) atoms. The van der Waals surface area contributed by atoms with Crippen LogP contribution < -0.4 is 19.5 Å². The van der Waals surface area contributed by atoms with Crippen LogP contribution in [-0.2, 0) is 0 Å². The first-order valence-electron chi connectivity index (χ1n) is 7.96. The lowest BCUT2D eigenvalue weighted by molar-refractivity contribution is 0.0970. The summed E-state index contributed by atoms with van der Waals surface area (Å²) in [6.07, 6.45) is 1.34. The molecule has 1 fully saturated rings. The first-order valence-corrected chi connectivity index (χ1v) is 7.96. The van der Waals surface area contributed by atoms with Gasteiger partial charge in [-0.3, -0.25) is 4.79 Å². The molecule has 0 atom stereocenters. The molecule has 0 aromatic heterocycles. The largest absolute Gasteiger partial charge is 0.493 e. The molecule has 6 nitrogen and oxygen atoms in total. The van der Waals surface area contributed by atoms with Gasteiger partial charge in [0.05, 0.1) is 26.9 Å². The molecule has 2 rings (SSSR count). The number of ketones is 1. The molecule has 1 aliphatic rings. The molecule has 0 amide bonds. The number of benzene rings is 1. The summed E-state index contributed by atoms with van der Waals surface area (Å²) in [7, 11) is 4.64. The molecule has 1 aliphatic heterocycles. The number of nitrogens with one attached hydrogen (secondary N) is 1. The summed E-state index contributed by atoms with van der Waals surface area (Å²) < 4.78 is 16.0. The minimum atomic E-state index is 0.0675. The molecule has 0 saturated carbocycles. The highest BCUT2D eigenvalue weighted by Gasteiger charge is 2.20. The van der Waals surface area contributed by atoms with E-state index in [1.165, 1.54) is 7.11 Å². The molecule has 6 heteroatoms. The zero-order chi connectivity index (χ0) is 16.7. The second-order valence-corrected chi connectivity index (χ2v) is 5.50. The molecule has 1 heterocycles. The third-order valence-electron chi connectivity index (χ3n) is 4.09. The molecule has 1 N–H and O–H groups in total. The number of piperazine rings is 1. The third-order valence-corrected chi connectivity index (χ3v) is 4.09. The molecule has 0 radical (unpaired) electrons. The zero-order valence-corrected chi connectivity index (χ0v) is 14.2. The van der Waals surface area contributed by atoms with E-state index in [-0.39, 0.29) is 5.78 Å². The van der Waals surface area contributed by atoms with Gasteiger partial charge in [0.25, 0.3) is 0 Å². The topological polar surface area (TPSA) is 60.0 Å². The summed E-state index contributed by atoms with van der Waals surface area (Å²) in [4.78, 5) is 14.9. The predicted octanol–water partition coefficient (Wildman–Crippen LogP) is 1.58. The van der Waals surface area contributed by atoms with Crippen LogP contribution in [0, 0.1) is 0 Å². The molecule has 0 spiro atoms. The van der Waals surface area contributed by atoms with Gasteiger partial charge in [0.1, 0.15) is 0 Å². The molecule has 0 bridgehead atoms. The van der Waals surface area contributed by atoms with Crippen LogP contribution in [0.5, 0.6) is 17.2 Å². The molecule has 0 aliphatic carbocycles. The van der Waals surface area contributed by atoms with Crippen molar-refractivity contribution in [2.75, 3.05) is 54.1 Å². The first-order chi connectivity index (χ1) is 11.2. The van der Waals surface area contributed by atoms with Crippen molar-refractivity contribution >= 4 is 5.78 Å². The summed E-state index contributed by atoms with van der Waals surface area (Å²) in [5.74, 6) is 1.53. The van der Waals surface area contributed by atoms with Gasteiger partial charge in [0.15, 0.2) is 17.3 Å². The Hall–Kier alpha value is -1.79. The summed E-state index contributed by atoms with van der Waals surface area (Å²) >= 11 is 0. The predicted molar refractivity (Wildman–Crippen MR) is 89.0 cm³/mol. The minimum absolute atomic E-state index is 0.0675. The highest BCUT2D eigenvalue weighted by atomic mass is 16.5. The summed E-state index contributed by atoms with van der Waals surface area (Å²) in [5.41, 5.74) is 0.547. The Morgan fingerprint density at radius 1 is 1.09 bits per heavy atom. The van der Waals surface area contributed by atoms with E-state index in [0.29, 0.717) is 29.2 Å². The fourth-order valence-corrected chi connectivity index (χ4v) is 2.85. The molecule has 128 valence electrons. The highest BCUT2D eigenvalue weighted by Crippen LogP contribution is 2.40. The van der Waals surface area contributed by atoms with Crippen molar-refractivity contribution in [3.05, 3.63) is 17.7 Å². The van der Waals surface area contributed by atoms with Gasteiger partial charge in [0, 0.05) is 32.6 Å². The Morgan fingerprint density at radius 2 is 1.78 bits per heavy atom. The monoisotopic (exact) mass is 322 g/mol. The Balaban J connectivity index is 2.00. The minimum Gasteiger partial charge on any atom is -0.493 e. The van der Waals surface area contributed by atoms with E-state index < -0.39 is 0 Å². The molecule has 1 saturated heterocycles. The van der Waals surface area contributed by atoms with Crippen LogP contribution in [0.25, 0.3) is 0 Å². The van der Waals surface area contributed by atoms with Crippen LogP contribution in [0.2, 0.25) is 0 Å². The van der Waals surface area contributed by atoms with Crippen molar-refractivity contribution in [2.24, 2.45) is 0 Å². The SMILES string of the molecule is COc1ccc(C(=O)CCCN2CCNCC2)c(OC)c1OC. The second-order valence-electron chi connectivity index (χ2n) is 5.50. The first kappa shape index (κ1) is 17.6. The number of Topliss-reactive ketones (excluding diaryl/α,β-unsaturated/α-hetero) is 1. The van der Waals surface area contributed by atoms with E-state index in [1.807, 2.05) is 0 Å². The summed E-state index contributed by atoms with van der Waals surface area (Å²) in [6, 6.07) is 3.48. The number of carbonyl (C=O) groups excluding carboxylic acids is 1. The Kier molecular flexibility index (Phi) is 6.67. The van der Waals surface area contributed by atoms with E-state index in [9.17, 15) is 4.79 Å². The molecular weight excluding hydrogens is 296 g/mol. The highest BCUT2D eigenvalue weighted by molar-refractivity contribution is 5.99. The molecule has 0 unspecified atom stereocenters. The van der Waals surface area contributed by atoms with Crippen molar-refractivity contribution in [1.29, 1.82) is 0 Å². The van der Waals surface area contributed by atoms with E-state index in [2.05, 4.69) is 10.2 Å². The number of rotatable bonds is 8. The number of methoxy groups -OCH3 is 3. The van der Waals surface area contributed by atoms with Gasteiger partial charge in [-0.2, -0.15) is 0 Å². The van der Waals surface area contributed by atoms with Gasteiger partial charge in [-0.15, -0.1) is 0 Å². The number of hydrogen-bond donors (Lipinski definition) is 1. The van der Waals surface area contributed by atoms with Crippen molar-refractivity contribution < 1.29 is 19.0 Å². The second kappa shape index (κ2) is 8.74. The Labute approximate surface area is 137 Å². The number of hydrogen-bond acceptors (Lipinski definition) is 6. The lowest BCUT2D eigenvalue weighted by Gasteiger charge is -2.26. The summed E-state index contributed by atoms with van der Waals surface area (Å²) in [6.45, 7) is 5.10. The van der Waals surface area contributed by atoms with Crippen molar-refractivity contribution in [3.8, 4) is 17.2 Å². The number of ether oxygens (including phenoxy) is 3. The van der Waals surface area contributed by atoms with E-state index in [4.69, 9.17) is 14.2 Å². The maximum Gasteiger partial charge on any atom is 0.204 e. The van der Waals surface area contributed by atoms with E-state index in [0.717, 1.165) is 39.1 Å². The van der Waals surface area contributed by atoms with Gasteiger partial charge >= 0.3 is 0 Å². The van der Waals surface area contributed by atoms with Crippen molar-refractivity contribution in [3.63, 3.8) is 0 Å². The van der Waals surface area contributed by atoms with Crippen LogP contribution in [0.1, 0.15) is 23.2 Å². The van der Waals surface area contributed by atoms with Crippen LogP contribution in [-0.4, -0.2) is 64.7 Å². The molecule has 1 aromatic carbocycles. The van der Waals surface area contributed by atoms with Crippen molar-refractivity contribution in [2.45, 2.75) is 12.8 Å². The zero-order valence-electron chi connectivity index (χ0n) is 14.2. The van der Waals surface area contributed by atoms with Gasteiger partial charge in [-0.25, -0.2) is 0 Å². The van der Waals surface area contributed by atoms with Gasteiger partial charge in [0.2, 0.25) is 5.75 Å². The van der Waals surface area contributed by atoms with Crippen LogP contribution >= 0.6 is 0 Å². The Bertz CT molecular complexity index is 528. The van der Waals surface area contributed by atoms with E-state index in [1.54, 1.807) is 26.4 Å². The standard InChI is InChI=1S/C17H26N2O4/c1-21-15-7-6-13(16(22-2)17(15)23-3)14(20)5-4-10-19-11-8-18-9-12-19/h6-7,18H,4-5,8-12H2,1-3H3. The van der Waals surface area contributed by atoms with Gasteiger partial charge < -0.3 is 24.4 Å². The van der Waals surface area contributed by atoms with Gasteiger partial charge in [-0.05, 0) is 25.1 Å². The average molecular weight is 322 g/mol. The average Bonchev–Trinajstić information content (AvgIpc) is 2.60. The maximum atomic E-state index is 12.5. The van der Waals surface area contributed by atoms with E-state index >= 15 is 0 Å². The summed E-state index contributed by atoms with van der Waals surface area (Å²) in [5, 5.41) is 3.33. The molecular formula is C17H26N2O4. The van der Waals surface area contributed by atoms with Crippen LogP contribution in [0.4, 0.5) is 0 Å². The van der Waals surface area contributed by atoms with Crippen LogP contribution in [0.3, 0.4) is 0 Å². The number of carbonyl (C=O) groups is 1. The molecule has 1 aromatic rings. The normalized spacial score (nSPS) is 15.3. The Morgan fingerprint density at radius 3 is 2.39 bits per heavy atom.